The minimum absolute atomic E-state index is 0.195. The molecule has 0 spiro atoms. The highest BCUT2D eigenvalue weighted by molar-refractivity contribution is 5.88. The molecule has 3 heterocycles. The Morgan fingerprint density at radius 1 is 1.40 bits per heavy atom. The second-order valence-electron chi connectivity index (χ2n) is 5.34. The minimum Gasteiger partial charge on any atom is -0.481 e. The average Bonchev–Trinajstić information content (AvgIpc) is 3.28. The van der Waals surface area contributed by atoms with Gasteiger partial charge in [-0.1, -0.05) is 0 Å². The molecule has 1 aliphatic heterocycles. The Kier molecular flexibility index (Phi) is 4.78. The summed E-state index contributed by atoms with van der Waals surface area (Å²) in [6, 6.07) is 5.14. The molecule has 8 nitrogen and oxygen atoms in total. The number of aldehydes is 1. The lowest BCUT2D eigenvalue weighted by Gasteiger charge is -2.16. The molecule has 0 N–H and O–H groups in total. The zero-order chi connectivity index (χ0) is 17.8. The van der Waals surface area contributed by atoms with E-state index in [4.69, 9.17) is 9.47 Å². The van der Waals surface area contributed by atoms with Gasteiger partial charge in [-0.25, -0.2) is 14.5 Å². The van der Waals surface area contributed by atoms with Crippen LogP contribution in [0.3, 0.4) is 0 Å². The van der Waals surface area contributed by atoms with Gasteiger partial charge in [-0.05, 0) is 19.4 Å². The van der Waals surface area contributed by atoms with Gasteiger partial charge < -0.3 is 14.4 Å². The summed E-state index contributed by atoms with van der Waals surface area (Å²) in [4.78, 5) is 29.1. The van der Waals surface area contributed by atoms with Crippen LogP contribution < -0.4 is 9.64 Å². The first-order chi connectivity index (χ1) is 12.2. The van der Waals surface area contributed by atoms with Crippen molar-refractivity contribution in [3.05, 3.63) is 41.9 Å². The van der Waals surface area contributed by atoms with E-state index in [1.807, 2.05) is 4.90 Å². The van der Waals surface area contributed by atoms with Crippen LogP contribution in [-0.2, 0) is 9.53 Å². The normalized spacial score (nSPS) is 13.5. The lowest BCUT2D eigenvalue weighted by molar-refractivity contribution is -0.105. The molecule has 2 aromatic rings. The molecule has 2 aromatic heterocycles. The minimum atomic E-state index is -0.497. The summed E-state index contributed by atoms with van der Waals surface area (Å²) in [6.45, 7) is 2.64. The van der Waals surface area contributed by atoms with E-state index in [1.165, 1.54) is 7.11 Å². The number of hydrogen-bond acceptors (Lipinski definition) is 7. The van der Waals surface area contributed by atoms with E-state index in [0.717, 1.165) is 6.29 Å². The van der Waals surface area contributed by atoms with Gasteiger partial charge in [-0.2, -0.15) is 5.10 Å². The number of anilines is 1. The quantitative estimate of drug-likeness (QED) is 0.584. The fraction of sp³-hybridized carbons (Fsp3) is 0.294. The van der Waals surface area contributed by atoms with Crippen molar-refractivity contribution in [1.82, 2.24) is 14.8 Å². The van der Waals surface area contributed by atoms with Crippen LogP contribution in [0, 0.1) is 0 Å². The molecule has 0 radical (unpaired) electrons. The maximum Gasteiger partial charge on any atom is 0.358 e. The van der Waals surface area contributed by atoms with Crippen LogP contribution in [0.5, 0.6) is 5.88 Å². The van der Waals surface area contributed by atoms with Crippen molar-refractivity contribution in [1.29, 1.82) is 0 Å². The highest BCUT2D eigenvalue weighted by Crippen LogP contribution is 2.26. The van der Waals surface area contributed by atoms with Gasteiger partial charge in [0.05, 0.1) is 25.6 Å². The number of carbonyl (C=O) groups excluding carboxylic acids is 2. The first-order valence-corrected chi connectivity index (χ1v) is 7.86. The summed E-state index contributed by atoms with van der Waals surface area (Å²) in [5.74, 6) is 0.641. The fourth-order valence-corrected chi connectivity index (χ4v) is 2.54. The van der Waals surface area contributed by atoms with Gasteiger partial charge >= 0.3 is 5.97 Å². The smallest absolute Gasteiger partial charge is 0.358 e. The number of methoxy groups -OCH3 is 1. The third-order valence-corrected chi connectivity index (χ3v) is 3.76. The number of hydrogen-bond donors (Lipinski definition) is 0. The number of rotatable bonds is 6. The van der Waals surface area contributed by atoms with Crippen molar-refractivity contribution in [2.75, 3.05) is 25.2 Å². The SMILES string of the molecule is CCOC(=O)c1cc(N2C=C(C=O)CC2)n(-c2ccc(OC)nc2)n1. The lowest BCUT2D eigenvalue weighted by Crippen LogP contribution is -2.16. The Morgan fingerprint density at radius 2 is 2.24 bits per heavy atom. The van der Waals surface area contributed by atoms with Gasteiger partial charge in [0, 0.05) is 30.5 Å². The third kappa shape index (κ3) is 3.37. The molecule has 3 rings (SSSR count). The van der Waals surface area contributed by atoms with Gasteiger partial charge in [0.1, 0.15) is 12.1 Å². The lowest BCUT2D eigenvalue weighted by atomic mass is 10.3. The predicted octanol–water partition coefficient (Wildman–Crippen LogP) is 1.75. The van der Waals surface area contributed by atoms with Crippen LogP contribution in [0.25, 0.3) is 5.69 Å². The first kappa shape index (κ1) is 16.7. The van der Waals surface area contributed by atoms with Crippen LogP contribution in [0.15, 0.2) is 36.2 Å². The van der Waals surface area contributed by atoms with Crippen LogP contribution in [-0.4, -0.2) is 47.3 Å². The summed E-state index contributed by atoms with van der Waals surface area (Å²) in [5.41, 5.74) is 1.55. The fourth-order valence-electron chi connectivity index (χ4n) is 2.54. The number of nitrogens with zero attached hydrogens (tertiary/aromatic N) is 4. The summed E-state index contributed by atoms with van der Waals surface area (Å²) in [5, 5.41) is 4.35. The molecule has 0 aromatic carbocycles. The largest absolute Gasteiger partial charge is 0.481 e. The van der Waals surface area contributed by atoms with Crippen molar-refractivity contribution in [3.8, 4) is 11.6 Å². The van der Waals surface area contributed by atoms with E-state index in [2.05, 4.69) is 10.1 Å². The molecular weight excluding hydrogens is 324 g/mol. The van der Waals surface area contributed by atoms with Crippen LogP contribution in [0.1, 0.15) is 23.8 Å². The van der Waals surface area contributed by atoms with E-state index in [0.29, 0.717) is 35.9 Å². The van der Waals surface area contributed by atoms with Gasteiger partial charge in [0.15, 0.2) is 5.69 Å². The Balaban J connectivity index is 2.03. The number of pyridine rings is 1. The maximum absolute atomic E-state index is 12.1. The van der Waals surface area contributed by atoms with Crippen molar-refractivity contribution in [3.63, 3.8) is 0 Å². The molecule has 0 aliphatic carbocycles. The topological polar surface area (TPSA) is 86.5 Å². The Bertz CT molecular complexity index is 811. The van der Waals surface area contributed by atoms with Crippen molar-refractivity contribution in [2.24, 2.45) is 0 Å². The highest BCUT2D eigenvalue weighted by atomic mass is 16.5. The second kappa shape index (κ2) is 7.16. The Labute approximate surface area is 144 Å². The molecule has 1 aliphatic rings. The van der Waals surface area contributed by atoms with E-state index in [9.17, 15) is 9.59 Å². The number of aromatic nitrogens is 3. The molecule has 8 heteroatoms. The molecular formula is C17H18N4O4. The molecule has 130 valence electrons. The zero-order valence-corrected chi connectivity index (χ0v) is 14.0. The van der Waals surface area contributed by atoms with Crippen LogP contribution >= 0.6 is 0 Å². The van der Waals surface area contributed by atoms with Crippen molar-refractivity contribution >= 4 is 18.1 Å². The average molecular weight is 342 g/mol. The number of ether oxygens (including phenoxy) is 2. The van der Waals surface area contributed by atoms with E-state index in [-0.39, 0.29) is 12.3 Å². The van der Waals surface area contributed by atoms with Gasteiger partial charge in [-0.15, -0.1) is 0 Å². The van der Waals surface area contributed by atoms with Gasteiger partial charge in [-0.3, -0.25) is 4.79 Å². The molecule has 0 bridgehead atoms. The zero-order valence-electron chi connectivity index (χ0n) is 14.0. The van der Waals surface area contributed by atoms with Crippen LogP contribution in [0.2, 0.25) is 0 Å². The molecule has 25 heavy (non-hydrogen) atoms. The van der Waals surface area contributed by atoms with E-state index >= 15 is 0 Å². The Morgan fingerprint density at radius 3 is 2.84 bits per heavy atom. The maximum atomic E-state index is 12.1. The molecule has 0 amide bonds. The number of esters is 1. The van der Waals surface area contributed by atoms with Gasteiger partial charge in [0.25, 0.3) is 0 Å². The van der Waals surface area contributed by atoms with Gasteiger partial charge in [0.2, 0.25) is 5.88 Å². The molecule has 0 atom stereocenters. The highest BCUT2D eigenvalue weighted by Gasteiger charge is 2.22. The van der Waals surface area contributed by atoms with Crippen LogP contribution in [0.4, 0.5) is 5.82 Å². The monoisotopic (exact) mass is 342 g/mol. The standard InChI is InChI=1S/C17H18N4O4/c1-3-25-17(23)14-8-16(20-7-6-12(10-20)11-22)21(19-14)13-4-5-15(24-2)18-9-13/h4-5,8-11H,3,6-7H2,1-2H3. The molecule has 0 saturated carbocycles. The van der Waals surface area contributed by atoms with E-state index in [1.54, 1.807) is 42.2 Å². The Hall–Kier alpha value is -3.16. The number of carbonyl (C=O) groups is 2. The first-order valence-electron chi connectivity index (χ1n) is 7.86. The predicted molar refractivity (Wildman–Crippen MR) is 90.0 cm³/mol. The molecule has 0 fully saturated rings. The van der Waals surface area contributed by atoms with Crippen molar-refractivity contribution < 1.29 is 19.1 Å². The van der Waals surface area contributed by atoms with Crippen molar-refractivity contribution in [2.45, 2.75) is 13.3 Å². The summed E-state index contributed by atoms with van der Waals surface area (Å²) >= 11 is 0. The summed E-state index contributed by atoms with van der Waals surface area (Å²) in [6.07, 6.45) is 4.84. The second-order valence-corrected chi connectivity index (χ2v) is 5.34. The third-order valence-electron chi connectivity index (χ3n) is 3.76. The molecule has 0 unspecified atom stereocenters. The summed E-state index contributed by atoms with van der Waals surface area (Å²) in [7, 11) is 1.54. The summed E-state index contributed by atoms with van der Waals surface area (Å²) < 4.78 is 11.7. The molecule has 0 saturated heterocycles. The van der Waals surface area contributed by atoms with E-state index < -0.39 is 5.97 Å².